The van der Waals surface area contributed by atoms with Gasteiger partial charge in [-0.05, 0) is 49.2 Å². The van der Waals surface area contributed by atoms with Gasteiger partial charge in [0, 0.05) is 19.4 Å². The molecule has 156 valence electrons. The highest BCUT2D eigenvalue weighted by molar-refractivity contribution is 7.92. The lowest BCUT2D eigenvalue weighted by molar-refractivity contribution is 0.0858. The standard InChI is InChI=1S/C19H22N2O6S2/c1-28(23,24)15-8-10-16(11-9-15)29(25,26)21-18-7-3-2-6-17(18)19(22)20-13-14-5-4-12-27-14/h2-3,6-11,14,21H,4-5,12-13H2,1H3,(H,20,22)/t14-/m1/s1. The Morgan fingerprint density at radius 1 is 1.03 bits per heavy atom. The van der Waals surface area contributed by atoms with E-state index in [4.69, 9.17) is 4.74 Å². The second-order valence-corrected chi connectivity index (χ2v) is 10.4. The van der Waals surface area contributed by atoms with Crippen molar-refractivity contribution in [3.63, 3.8) is 0 Å². The van der Waals surface area contributed by atoms with Gasteiger partial charge in [0.05, 0.1) is 27.1 Å². The minimum absolute atomic E-state index is 0.0189. The Morgan fingerprint density at radius 2 is 1.69 bits per heavy atom. The molecule has 1 heterocycles. The molecular weight excluding hydrogens is 416 g/mol. The number of carbonyl (C=O) groups is 1. The molecule has 29 heavy (non-hydrogen) atoms. The second-order valence-electron chi connectivity index (χ2n) is 6.74. The largest absolute Gasteiger partial charge is 0.376 e. The van der Waals surface area contributed by atoms with Crippen LogP contribution in [0.5, 0.6) is 0 Å². The Kier molecular flexibility index (Phi) is 6.25. The predicted octanol–water partition coefficient (Wildman–Crippen LogP) is 1.80. The summed E-state index contributed by atoms with van der Waals surface area (Å²) >= 11 is 0. The van der Waals surface area contributed by atoms with Crippen molar-refractivity contribution in [2.24, 2.45) is 0 Å². The molecule has 1 saturated heterocycles. The van der Waals surface area contributed by atoms with Crippen LogP contribution in [0.25, 0.3) is 0 Å². The molecule has 1 aliphatic heterocycles. The van der Waals surface area contributed by atoms with E-state index in [1.54, 1.807) is 12.1 Å². The van der Waals surface area contributed by atoms with Crippen molar-refractivity contribution < 1.29 is 26.4 Å². The highest BCUT2D eigenvalue weighted by Gasteiger charge is 2.21. The quantitative estimate of drug-likeness (QED) is 0.680. The van der Waals surface area contributed by atoms with Crippen molar-refractivity contribution in [1.29, 1.82) is 0 Å². The number of sulfonamides is 1. The van der Waals surface area contributed by atoms with Crippen LogP contribution in [0, 0.1) is 0 Å². The molecule has 0 saturated carbocycles. The molecule has 0 radical (unpaired) electrons. The van der Waals surface area contributed by atoms with Crippen LogP contribution in [0.2, 0.25) is 0 Å². The molecule has 8 nitrogen and oxygen atoms in total. The van der Waals surface area contributed by atoms with E-state index in [0.29, 0.717) is 13.2 Å². The average molecular weight is 439 g/mol. The van der Waals surface area contributed by atoms with Gasteiger partial charge in [0.25, 0.3) is 15.9 Å². The van der Waals surface area contributed by atoms with Gasteiger partial charge in [-0.25, -0.2) is 16.8 Å². The monoisotopic (exact) mass is 438 g/mol. The second kappa shape index (κ2) is 8.52. The zero-order valence-electron chi connectivity index (χ0n) is 15.8. The molecule has 1 amide bonds. The zero-order valence-corrected chi connectivity index (χ0v) is 17.4. The highest BCUT2D eigenvalue weighted by Crippen LogP contribution is 2.21. The van der Waals surface area contributed by atoms with Crippen LogP contribution in [0.15, 0.2) is 58.3 Å². The Balaban J connectivity index is 1.77. The van der Waals surface area contributed by atoms with Gasteiger partial charge in [-0.1, -0.05) is 12.1 Å². The molecule has 0 bridgehead atoms. The number of nitrogens with one attached hydrogen (secondary N) is 2. The van der Waals surface area contributed by atoms with Gasteiger partial charge < -0.3 is 10.1 Å². The van der Waals surface area contributed by atoms with Crippen molar-refractivity contribution in [3.8, 4) is 0 Å². The first-order chi connectivity index (χ1) is 13.7. The van der Waals surface area contributed by atoms with Crippen molar-refractivity contribution >= 4 is 31.5 Å². The zero-order chi connectivity index (χ0) is 21.1. The average Bonchev–Trinajstić information content (AvgIpc) is 3.19. The lowest BCUT2D eigenvalue weighted by Crippen LogP contribution is -2.32. The molecular formula is C19H22N2O6S2. The van der Waals surface area contributed by atoms with E-state index >= 15 is 0 Å². The number of sulfone groups is 1. The summed E-state index contributed by atoms with van der Waals surface area (Å²) in [6, 6.07) is 11.1. The Morgan fingerprint density at radius 3 is 2.31 bits per heavy atom. The Hall–Kier alpha value is -2.43. The SMILES string of the molecule is CS(=O)(=O)c1ccc(S(=O)(=O)Nc2ccccc2C(=O)NC[C@H]2CCCO2)cc1. The summed E-state index contributed by atoms with van der Waals surface area (Å²) < 4.78 is 56.3. The first-order valence-corrected chi connectivity index (χ1v) is 12.4. The number of carbonyl (C=O) groups excluding carboxylic acids is 1. The van der Waals surface area contributed by atoms with Gasteiger partial charge in [-0.3, -0.25) is 9.52 Å². The van der Waals surface area contributed by atoms with E-state index in [1.165, 1.54) is 36.4 Å². The predicted molar refractivity (Wildman–Crippen MR) is 108 cm³/mol. The van der Waals surface area contributed by atoms with E-state index in [1.807, 2.05) is 0 Å². The molecule has 0 aromatic heterocycles. The maximum atomic E-state index is 12.7. The summed E-state index contributed by atoms with van der Waals surface area (Å²) in [7, 11) is -7.45. The van der Waals surface area contributed by atoms with Gasteiger partial charge in [0.1, 0.15) is 0 Å². The van der Waals surface area contributed by atoms with Gasteiger partial charge in [-0.2, -0.15) is 0 Å². The molecule has 1 aliphatic rings. The first kappa shape index (κ1) is 21.3. The van der Waals surface area contributed by atoms with Gasteiger partial charge in [-0.15, -0.1) is 0 Å². The Bertz CT molecular complexity index is 1090. The molecule has 10 heteroatoms. The lowest BCUT2D eigenvalue weighted by atomic mass is 10.1. The number of benzene rings is 2. The fourth-order valence-electron chi connectivity index (χ4n) is 2.95. The van der Waals surface area contributed by atoms with E-state index in [2.05, 4.69) is 10.0 Å². The maximum absolute atomic E-state index is 12.7. The number of rotatable bonds is 7. The molecule has 0 aliphatic carbocycles. The summed E-state index contributed by atoms with van der Waals surface area (Å²) in [6.07, 6.45) is 2.84. The van der Waals surface area contributed by atoms with Crippen LogP contribution in [0.1, 0.15) is 23.2 Å². The van der Waals surface area contributed by atoms with Crippen LogP contribution in [-0.4, -0.2) is 48.3 Å². The molecule has 1 fully saturated rings. The van der Waals surface area contributed by atoms with Gasteiger partial charge in [0.2, 0.25) is 0 Å². The number of ether oxygens (including phenoxy) is 1. The third-order valence-corrected chi connectivity index (χ3v) is 7.00. The summed E-state index contributed by atoms with van der Waals surface area (Å²) in [6.45, 7) is 1.03. The van der Waals surface area contributed by atoms with E-state index in [-0.39, 0.29) is 27.1 Å². The summed E-state index contributed by atoms with van der Waals surface area (Å²) in [5.74, 6) is -0.411. The number of amides is 1. The van der Waals surface area contributed by atoms with Crippen LogP contribution in [-0.2, 0) is 24.6 Å². The summed E-state index contributed by atoms with van der Waals surface area (Å²) in [5.41, 5.74) is 0.311. The summed E-state index contributed by atoms with van der Waals surface area (Å²) in [4.78, 5) is 12.4. The maximum Gasteiger partial charge on any atom is 0.261 e. The minimum atomic E-state index is -4.01. The molecule has 2 aromatic rings. The third kappa shape index (κ3) is 5.34. The summed E-state index contributed by atoms with van der Waals surface area (Å²) in [5, 5.41) is 2.77. The third-order valence-electron chi connectivity index (χ3n) is 4.49. The molecule has 3 rings (SSSR count). The molecule has 1 atom stereocenters. The van der Waals surface area contributed by atoms with Crippen molar-refractivity contribution in [2.45, 2.75) is 28.7 Å². The topological polar surface area (TPSA) is 119 Å². The van der Waals surface area contributed by atoms with Crippen molar-refractivity contribution in [2.75, 3.05) is 24.1 Å². The molecule has 0 unspecified atom stereocenters. The van der Waals surface area contributed by atoms with Crippen LogP contribution >= 0.6 is 0 Å². The first-order valence-electron chi connectivity index (χ1n) is 8.98. The fourth-order valence-corrected chi connectivity index (χ4v) is 4.66. The normalized spacial score (nSPS) is 17.1. The minimum Gasteiger partial charge on any atom is -0.376 e. The highest BCUT2D eigenvalue weighted by atomic mass is 32.2. The number of para-hydroxylation sites is 1. The molecule has 2 N–H and O–H groups in total. The van der Waals surface area contributed by atoms with Gasteiger partial charge >= 0.3 is 0 Å². The Labute approximate surface area is 170 Å². The number of anilines is 1. The van der Waals surface area contributed by atoms with Crippen molar-refractivity contribution in [1.82, 2.24) is 5.32 Å². The number of hydrogen-bond donors (Lipinski definition) is 2. The van der Waals surface area contributed by atoms with Crippen LogP contribution < -0.4 is 10.0 Å². The van der Waals surface area contributed by atoms with Crippen molar-refractivity contribution in [3.05, 3.63) is 54.1 Å². The van der Waals surface area contributed by atoms with E-state index in [9.17, 15) is 21.6 Å². The fraction of sp³-hybridized carbons (Fsp3) is 0.316. The van der Waals surface area contributed by atoms with E-state index in [0.717, 1.165) is 19.1 Å². The molecule has 2 aromatic carbocycles. The number of hydrogen-bond acceptors (Lipinski definition) is 6. The lowest BCUT2D eigenvalue weighted by Gasteiger charge is -2.14. The van der Waals surface area contributed by atoms with E-state index < -0.39 is 25.8 Å². The van der Waals surface area contributed by atoms with Crippen LogP contribution in [0.3, 0.4) is 0 Å². The smallest absolute Gasteiger partial charge is 0.261 e. The van der Waals surface area contributed by atoms with Gasteiger partial charge in [0.15, 0.2) is 9.84 Å². The van der Waals surface area contributed by atoms with Crippen LogP contribution in [0.4, 0.5) is 5.69 Å². The molecule has 0 spiro atoms.